The number of aromatic nitrogens is 2. The highest BCUT2D eigenvalue weighted by atomic mass is 32.1. The molecule has 2 aromatic rings. The van der Waals surface area contributed by atoms with Crippen molar-refractivity contribution in [1.82, 2.24) is 25.5 Å². The molecule has 0 aromatic carbocycles. The summed E-state index contributed by atoms with van der Waals surface area (Å²) in [6.45, 7) is 6.78. The van der Waals surface area contributed by atoms with Crippen molar-refractivity contribution in [2.24, 2.45) is 5.92 Å². The number of hydrogen-bond acceptors (Lipinski definition) is 7. The third-order valence-corrected chi connectivity index (χ3v) is 8.15. The number of carbonyl (C=O) groups is 3. The van der Waals surface area contributed by atoms with E-state index in [1.54, 1.807) is 17.7 Å². The van der Waals surface area contributed by atoms with Crippen LogP contribution in [-0.2, 0) is 9.59 Å². The number of hydrogen-bond donors (Lipinski definition) is 2. The lowest BCUT2D eigenvalue weighted by Gasteiger charge is -2.40. The fourth-order valence-electron chi connectivity index (χ4n) is 4.99. The first-order valence-electron chi connectivity index (χ1n) is 10.8. The van der Waals surface area contributed by atoms with Crippen molar-refractivity contribution >= 4 is 45.2 Å². The normalized spacial score (nSPS) is 21.6. The molecule has 3 aliphatic heterocycles. The van der Waals surface area contributed by atoms with Gasteiger partial charge in [-0.25, -0.2) is 14.8 Å². The molecule has 5 heterocycles. The van der Waals surface area contributed by atoms with Gasteiger partial charge in [-0.1, -0.05) is 0 Å². The van der Waals surface area contributed by atoms with Crippen molar-refractivity contribution in [3.63, 3.8) is 0 Å². The highest BCUT2D eigenvalue weighted by molar-refractivity contribution is 7.18. The van der Waals surface area contributed by atoms with Crippen LogP contribution in [0.4, 0.5) is 10.6 Å². The van der Waals surface area contributed by atoms with Crippen LogP contribution in [0, 0.1) is 19.8 Å². The summed E-state index contributed by atoms with van der Waals surface area (Å²) in [5.74, 6) is 0.850. The van der Waals surface area contributed by atoms with Crippen molar-refractivity contribution in [3.8, 4) is 0 Å². The Morgan fingerprint density at radius 1 is 1.13 bits per heavy atom. The van der Waals surface area contributed by atoms with Gasteiger partial charge < -0.3 is 15.1 Å². The Hall–Kier alpha value is -2.75. The van der Waals surface area contributed by atoms with Crippen molar-refractivity contribution in [2.75, 3.05) is 31.1 Å². The molecule has 3 saturated heterocycles. The second-order valence-electron chi connectivity index (χ2n) is 8.74. The largest absolute Gasteiger partial charge is 0.356 e. The van der Waals surface area contributed by atoms with Gasteiger partial charge in [0.15, 0.2) is 0 Å². The maximum Gasteiger partial charge on any atom is 0.322 e. The van der Waals surface area contributed by atoms with E-state index in [9.17, 15) is 14.4 Å². The first-order chi connectivity index (χ1) is 14.9. The van der Waals surface area contributed by atoms with Crippen LogP contribution in [0.2, 0.25) is 0 Å². The molecule has 9 nitrogen and oxygen atoms in total. The van der Waals surface area contributed by atoms with Gasteiger partial charge in [-0.3, -0.25) is 14.9 Å². The van der Waals surface area contributed by atoms with E-state index >= 15 is 0 Å². The number of rotatable bonds is 2. The lowest BCUT2D eigenvalue weighted by molar-refractivity contribution is -0.139. The number of piperidine rings is 2. The molecule has 0 saturated carbocycles. The second kappa shape index (κ2) is 7.44. The molecule has 164 valence electrons. The van der Waals surface area contributed by atoms with Crippen LogP contribution in [0.1, 0.15) is 36.1 Å². The summed E-state index contributed by atoms with van der Waals surface area (Å²) < 4.78 is 0. The summed E-state index contributed by atoms with van der Waals surface area (Å²) >= 11 is 1.70. The maximum absolute atomic E-state index is 13.1. The Bertz CT molecular complexity index is 1070. The zero-order valence-electron chi connectivity index (χ0n) is 17.7. The first kappa shape index (κ1) is 20.2. The van der Waals surface area contributed by atoms with E-state index in [-0.39, 0.29) is 17.7 Å². The van der Waals surface area contributed by atoms with E-state index < -0.39 is 11.6 Å². The van der Waals surface area contributed by atoms with Gasteiger partial charge in [0.25, 0.3) is 5.91 Å². The number of aryl methyl sites for hydroxylation is 2. The summed E-state index contributed by atoms with van der Waals surface area (Å²) in [6, 6.07) is -0.438. The smallest absolute Gasteiger partial charge is 0.322 e. The van der Waals surface area contributed by atoms with E-state index in [1.807, 2.05) is 4.90 Å². The molecule has 0 atom stereocenters. The Balaban J connectivity index is 1.22. The third kappa shape index (κ3) is 3.33. The molecule has 10 heteroatoms. The number of anilines is 1. The summed E-state index contributed by atoms with van der Waals surface area (Å²) in [7, 11) is 0. The summed E-state index contributed by atoms with van der Waals surface area (Å²) in [4.78, 5) is 52.1. The lowest BCUT2D eigenvalue weighted by atomic mass is 9.86. The maximum atomic E-state index is 13.1. The molecule has 4 amide bonds. The molecule has 2 N–H and O–H groups in total. The number of nitrogens with zero attached hydrogens (tertiary/aromatic N) is 4. The fraction of sp³-hybridized carbons (Fsp3) is 0.571. The molecule has 0 radical (unpaired) electrons. The summed E-state index contributed by atoms with van der Waals surface area (Å²) in [5.41, 5.74) is 0.394. The molecule has 0 aliphatic carbocycles. The van der Waals surface area contributed by atoms with Crippen LogP contribution < -0.4 is 15.5 Å². The van der Waals surface area contributed by atoms with Gasteiger partial charge in [-0.2, -0.15) is 0 Å². The minimum atomic E-state index is -0.841. The van der Waals surface area contributed by atoms with Gasteiger partial charge >= 0.3 is 6.03 Å². The van der Waals surface area contributed by atoms with Crippen LogP contribution in [0.3, 0.4) is 0 Å². The van der Waals surface area contributed by atoms with Gasteiger partial charge in [0, 0.05) is 37.0 Å². The van der Waals surface area contributed by atoms with Crippen LogP contribution in [-0.4, -0.2) is 64.4 Å². The van der Waals surface area contributed by atoms with Gasteiger partial charge in [-0.15, -0.1) is 11.3 Å². The molecule has 31 heavy (non-hydrogen) atoms. The number of nitrogens with one attached hydrogen (secondary N) is 2. The number of thiophene rings is 1. The standard InChI is InChI=1S/C21H26N6O3S/c1-12-13(2)31-17-15(12)16(22-11-23-17)26-7-3-14(4-8-26)18(28)27-9-5-21(6-10-27)19(29)24-20(30)25-21/h11,14H,3-10H2,1-2H3,(H2,24,25,29,30). The van der Waals surface area contributed by atoms with Crippen molar-refractivity contribution < 1.29 is 14.4 Å². The zero-order chi connectivity index (χ0) is 21.8. The number of likely N-dealkylation sites (tertiary alicyclic amines) is 1. The first-order valence-corrected chi connectivity index (χ1v) is 11.6. The van der Waals surface area contributed by atoms with Gasteiger partial charge in [-0.05, 0) is 45.1 Å². The zero-order valence-corrected chi connectivity index (χ0v) is 18.5. The van der Waals surface area contributed by atoms with Crippen molar-refractivity contribution in [1.29, 1.82) is 0 Å². The molecule has 0 bridgehead atoms. The number of carbonyl (C=O) groups excluding carboxylic acids is 3. The van der Waals surface area contributed by atoms with Crippen LogP contribution in [0.15, 0.2) is 6.33 Å². The monoisotopic (exact) mass is 442 g/mol. The Labute approximate surface area is 184 Å². The van der Waals surface area contributed by atoms with E-state index in [4.69, 9.17) is 0 Å². The van der Waals surface area contributed by atoms with Crippen LogP contribution >= 0.6 is 11.3 Å². The van der Waals surface area contributed by atoms with E-state index in [2.05, 4.69) is 39.3 Å². The number of imide groups is 1. The predicted octanol–water partition coefficient (Wildman–Crippen LogP) is 1.73. The molecule has 3 aliphatic rings. The van der Waals surface area contributed by atoms with Gasteiger partial charge in [0.05, 0.1) is 5.39 Å². The van der Waals surface area contributed by atoms with Crippen LogP contribution in [0.5, 0.6) is 0 Å². The average molecular weight is 443 g/mol. The third-order valence-electron chi connectivity index (χ3n) is 7.03. The van der Waals surface area contributed by atoms with Gasteiger partial charge in [0.1, 0.15) is 22.5 Å². The van der Waals surface area contributed by atoms with Crippen molar-refractivity contribution in [3.05, 3.63) is 16.8 Å². The van der Waals surface area contributed by atoms with E-state index in [0.29, 0.717) is 25.9 Å². The van der Waals surface area contributed by atoms with E-state index in [0.717, 1.165) is 42.0 Å². The molecule has 1 spiro atoms. The SMILES string of the molecule is Cc1sc2ncnc(N3CCC(C(=O)N4CCC5(CC4)NC(=O)NC5=O)CC3)c2c1C. The fourth-order valence-corrected chi connectivity index (χ4v) is 5.98. The Morgan fingerprint density at radius 2 is 1.84 bits per heavy atom. The molecule has 5 rings (SSSR count). The molecular formula is C21H26N6O3S. The second-order valence-corrected chi connectivity index (χ2v) is 9.94. The van der Waals surface area contributed by atoms with Crippen LogP contribution in [0.25, 0.3) is 10.2 Å². The Morgan fingerprint density at radius 3 is 2.48 bits per heavy atom. The quantitative estimate of drug-likeness (QED) is 0.686. The van der Waals surface area contributed by atoms with Gasteiger partial charge in [0.2, 0.25) is 5.91 Å². The molecule has 0 unspecified atom stereocenters. The highest BCUT2D eigenvalue weighted by Gasteiger charge is 2.48. The molecule has 2 aromatic heterocycles. The Kier molecular flexibility index (Phi) is 4.84. The summed E-state index contributed by atoms with van der Waals surface area (Å²) in [5, 5.41) is 6.20. The summed E-state index contributed by atoms with van der Waals surface area (Å²) in [6.07, 6.45) is 4.12. The van der Waals surface area contributed by atoms with E-state index in [1.165, 1.54) is 10.4 Å². The molecule has 3 fully saturated rings. The topological polar surface area (TPSA) is 108 Å². The number of fused-ring (bicyclic) bond motifs is 1. The average Bonchev–Trinajstić information content (AvgIpc) is 3.22. The molecular weight excluding hydrogens is 416 g/mol. The number of amides is 4. The van der Waals surface area contributed by atoms with Crippen molar-refractivity contribution in [2.45, 2.75) is 45.1 Å². The highest BCUT2D eigenvalue weighted by Crippen LogP contribution is 2.36. The minimum absolute atomic E-state index is 0.0140. The predicted molar refractivity (Wildman–Crippen MR) is 117 cm³/mol. The lowest BCUT2D eigenvalue weighted by Crippen LogP contribution is -2.56. The number of urea groups is 1. The minimum Gasteiger partial charge on any atom is -0.356 e.